The van der Waals surface area contributed by atoms with Crippen LogP contribution in [0.4, 0.5) is 10.2 Å². The van der Waals surface area contributed by atoms with Crippen molar-refractivity contribution in [1.29, 1.82) is 0 Å². The molecule has 0 fully saturated rings. The molecule has 0 aliphatic carbocycles. The van der Waals surface area contributed by atoms with Crippen LogP contribution in [0.1, 0.15) is 40.5 Å². The van der Waals surface area contributed by atoms with Crippen molar-refractivity contribution in [3.63, 3.8) is 0 Å². The van der Waals surface area contributed by atoms with Crippen molar-refractivity contribution in [3.8, 4) is 17.1 Å². The third kappa shape index (κ3) is 7.00. The van der Waals surface area contributed by atoms with Gasteiger partial charge >= 0.3 is 5.97 Å². The Kier molecular flexibility index (Phi) is 8.94. The van der Waals surface area contributed by atoms with Crippen LogP contribution in [0.5, 0.6) is 5.88 Å². The first-order valence-corrected chi connectivity index (χ1v) is 12.9. The van der Waals surface area contributed by atoms with Gasteiger partial charge in [-0.2, -0.15) is 0 Å². The van der Waals surface area contributed by atoms with Gasteiger partial charge in [-0.25, -0.2) is 19.2 Å². The zero-order chi connectivity index (χ0) is 27.9. The molecule has 0 aliphatic rings. The lowest BCUT2D eigenvalue weighted by Gasteiger charge is -2.24. The molecule has 8 heteroatoms. The second-order valence-corrected chi connectivity index (χ2v) is 9.50. The molecule has 0 unspecified atom stereocenters. The highest BCUT2D eigenvalue weighted by molar-refractivity contribution is 6.30. The highest BCUT2D eigenvalue weighted by atomic mass is 35.5. The molecule has 0 saturated heterocycles. The average molecular weight is 546 g/mol. The molecule has 4 rings (SSSR count). The maximum absolute atomic E-state index is 14.1. The van der Waals surface area contributed by atoms with Crippen molar-refractivity contribution in [2.75, 3.05) is 11.9 Å². The number of aromatic carboxylic acids is 1. The summed E-state index contributed by atoms with van der Waals surface area (Å²) in [6.45, 7) is 4.02. The third-order valence-corrected chi connectivity index (χ3v) is 6.46. The number of aromatic nitrogens is 2. The molecule has 6 nitrogen and oxygen atoms in total. The molecule has 0 amide bonds. The number of allylic oxidation sites excluding steroid dienone is 2. The number of benzene rings is 2. The summed E-state index contributed by atoms with van der Waals surface area (Å²) in [7, 11) is 1.90. The molecule has 2 aromatic heterocycles. The summed E-state index contributed by atoms with van der Waals surface area (Å²) in [5, 5.41) is 9.71. The van der Waals surface area contributed by atoms with Crippen LogP contribution < -0.4 is 9.64 Å². The van der Waals surface area contributed by atoms with E-state index in [2.05, 4.69) is 23.0 Å². The predicted molar refractivity (Wildman–Crippen MR) is 152 cm³/mol. The number of anilines is 1. The smallest absolute Gasteiger partial charge is 0.354 e. The van der Waals surface area contributed by atoms with Crippen molar-refractivity contribution < 1.29 is 19.0 Å². The van der Waals surface area contributed by atoms with Crippen molar-refractivity contribution in [2.45, 2.75) is 33.3 Å². The molecular weight excluding hydrogens is 517 g/mol. The minimum absolute atomic E-state index is 0.0136. The monoisotopic (exact) mass is 545 g/mol. The van der Waals surface area contributed by atoms with Crippen LogP contribution in [0.3, 0.4) is 0 Å². The van der Waals surface area contributed by atoms with E-state index >= 15 is 0 Å². The quantitative estimate of drug-likeness (QED) is 0.222. The van der Waals surface area contributed by atoms with E-state index in [0.29, 0.717) is 28.7 Å². The summed E-state index contributed by atoms with van der Waals surface area (Å²) in [6.07, 6.45) is 3.59. The second kappa shape index (κ2) is 12.5. The number of hydrogen-bond donors (Lipinski definition) is 1. The van der Waals surface area contributed by atoms with Crippen LogP contribution in [-0.2, 0) is 13.0 Å². The van der Waals surface area contributed by atoms with Gasteiger partial charge in [-0.05, 0) is 48.7 Å². The second-order valence-electron chi connectivity index (χ2n) is 9.06. The lowest BCUT2D eigenvalue weighted by atomic mass is 10.0. The number of nitrogens with zero attached hydrogens (tertiary/aromatic N) is 3. The standard InChI is InChI=1S/C31H29ClFN3O3/c1-4-6-25(36(3)30-20(2)9-16-28(35-30)31(37)38)17-21-10-12-22(13-11-21)27-7-5-8-29(34-27)39-19-23-14-15-24(32)18-26(23)33/h5-16,18H,4,17,19H2,1-3H3,(H,37,38)/b25-6+. The summed E-state index contributed by atoms with van der Waals surface area (Å²) in [4.78, 5) is 22.3. The Morgan fingerprint density at radius 2 is 1.85 bits per heavy atom. The lowest BCUT2D eigenvalue weighted by molar-refractivity contribution is 0.0690. The molecule has 1 N–H and O–H groups in total. The van der Waals surface area contributed by atoms with E-state index in [-0.39, 0.29) is 12.3 Å². The molecule has 0 radical (unpaired) electrons. The highest BCUT2D eigenvalue weighted by Gasteiger charge is 2.15. The number of likely N-dealkylation sites (N-methyl/N-ethyl adjacent to an activating group) is 1. The number of carbonyl (C=O) groups is 1. The van der Waals surface area contributed by atoms with Gasteiger partial charge in [-0.3, -0.25) is 0 Å². The molecule has 0 spiro atoms. The first kappa shape index (κ1) is 27.8. The first-order valence-electron chi connectivity index (χ1n) is 12.5. The van der Waals surface area contributed by atoms with Crippen molar-refractivity contribution in [1.82, 2.24) is 9.97 Å². The normalized spacial score (nSPS) is 11.4. The number of hydrogen-bond acceptors (Lipinski definition) is 5. The van der Waals surface area contributed by atoms with E-state index in [1.807, 2.05) is 55.3 Å². The van der Waals surface area contributed by atoms with Gasteiger partial charge in [0.15, 0.2) is 5.69 Å². The Bertz CT molecular complexity index is 1510. The summed E-state index contributed by atoms with van der Waals surface area (Å²) in [5.41, 5.74) is 5.07. The van der Waals surface area contributed by atoms with Crippen LogP contribution in [-0.4, -0.2) is 28.1 Å². The van der Waals surface area contributed by atoms with E-state index < -0.39 is 11.8 Å². The van der Waals surface area contributed by atoms with Gasteiger partial charge in [-0.15, -0.1) is 0 Å². The molecular formula is C31H29ClFN3O3. The van der Waals surface area contributed by atoms with E-state index in [9.17, 15) is 14.3 Å². The fraction of sp³-hybridized carbons (Fsp3) is 0.194. The minimum Gasteiger partial charge on any atom is -0.477 e. The zero-order valence-corrected chi connectivity index (χ0v) is 22.7. The summed E-state index contributed by atoms with van der Waals surface area (Å²) < 4.78 is 19.8. The molecule has 200 valence electrons. The highest BCUT2D eigenvalue weighted by Crippen LogP contribution is 2.26. The first-order chi connectivity index (χ1) is 18.7. The third-order valence-electron chi connectivity index (χ3n) is 6.23. The molecule has 0 atom stereocenters. The number of ether oxygens (including phenoxy) is 1. The van der Waals surface area contributed by atoms with E-state index in [0.717, 1.165) is 34.5 Å². The summed E-state index contributed by atoms with van der Waals surface area (Å²) in [6, 6.07) is 21.3. The van der Waals surface area contributed by atoms with Crippen LogP contribution in [0, 0.1) is 12.7 Å². The van der Waals surface area contributed by atoms with Gasteiger partial charge in [0.05, 0.1) is 5.69 Å². The number of aryl methyl sites for hydroxylation is 1. The SMILES string of the molecule is CC/C=C(\Cc1ccc(-c2cccc(OCc3ccc(Cl)cc3F)n2)cc1)N(C)c1nc(C(=O)O)ccc1C. The maximum atomic E-state index is 14.1. The number of halogens is 2. The Morgan fingerprint density at radius 1 is 1.08 bits per heavy atom. The van der Waals surface area contributed by atoms with Gasteiger partial charge in [0.2, 0.25) is 5.88 Å². The molecule has 39 heavy (non-hydrogen) atoms. The lowest BCUT2D eigenvalue weighted by Crippen LogP contribution is -2.21. The van der Waals surface area contributed by atoms with Crippen molar-refractivity contribution in [3.05, 3.63) is 118 Å². The molecule has 2 heterocycles. The average Bonchev–Trinajstić information content (AvgIpc) is 2.92. The van der Waals surface area contributed by atoms with E-state index in [1.54, 1.807) is 24.3 Å². The molecule has 4 aromatic rings. The molecule has 0 saturated carbocycles. The minimum atomic E-state index is -1.05. The number of carboxylic acid groups (broad SMARTS) is 1. The predicted octanol–water partition coefficient (Wildman–Crippen LogP) is 7.49. The van der Waals surface area contributed by atoms with Gasteiger partial charge in [0, 0.05) is 41.4 Å². The van der Waals surface area contributed by atoms with Crippen LogP contribution in [0.15, 0.2) is 84.6 Å². The largest absolute Gasteiger partial charge is 0.477 e. The summed E-state index contributed by atoms with van der Waals surface area (Å²) in [5.74, 6) is -0.462. The fourth-order valence-corrected chi connectivity index (χ4v) is 4.28. The Hall–Kier alpha value is -4.23. The van der Waals surface area contributed by atoms with Crippen LogP contribution in [0.2, 0.25) is 5.02 Å². The van der Waals surface area contributed by atoms with Crippen LogP contribution in [0.25, 0.3) is 11.3 Å². The van der Waals surface area contributed by atoms with Crippen molar-refractivity contribution in [2.24, 2.45) is 0 Å². The molecule has 0 bridgehead atoms. The zero-order valence-electron chi connectivity index (χ0n) is 22.0. The van der Waals surface area contributed by atoms with Crippen molar-refractivity contribution >= 4 is 23.4 Å². The molecule has 2 aromatic carbocycles. The van der Waals surface area contributed by atoms with Gasteiger partial charge < -0.3 is 14.7 Å². The fourth-order valence-electron chi connectivity index (χ4n) is 4.12. The maximum Gasteiger partial charge on any atom is 0.354 e. The van der Waals surface area contributed by atoms with Gasteiger partial charge in [0.1, 0.15) is 18.2 Å². The number of carboxylic acids is 1. The van der Waals surface area contributed by atoms with E-state index in [4.69, 9.17) is 16.3 Å². The van der Waals surface area contributed by atoms with E-state index in [1.165, 1.54) is 12.1 Å². The van der Waals surface area contributed by atoms with Gasteiger partial charge in [-0.1, -0.05) is 67.1 Å². The topological polar surface area (TPSA) is 75.5 Å². The van der Waals surface area contributed by atoms with Crippen LogP contribution >= 0.6 is 11.6 Å². The Balaban J connectivity index is 1.48. The Labute approximate surface area is 232 Å². The van der Waals surface area contributed by atoms with Gasteiger partial charge in [0.25, 0.3) is 0 Å². The molecule has 0 aliphatic heterocycles. The summed E-state index contributed by atoms with van der Waals surface area (Å²) >= 11 is 5.82. The Morgan fingerprint density at radius 3 is 2.54 bits per heavy atom. The number of pyridine rings is 2. The number of rotatable bonds is 10.